The first-order valence-electron chi connectivity index (χ1n) is 6.18. The van der Waals surface area contributed by atoms with E-state index in [-0.39, 0.29) is 18.4 Å². The van der Waals surface area contributed by atoms with Gasteiger partial charge in [0, 0.05) is 27.2 Å². The highest BCUT2D eigenvalue weighted by Crippen LogP contribution is 2.13. The van der Waals surface area contributed by atoms with Crippen molar-refractivity contribution in [3.05, 3.63) is 0 Å². The number of nitrogen functional groups attached to an aromatic ring is 1. The lowest BCUT2D eigenvalue weighted by Crippen LogP contribution is -2.38. The molecule has 0 saturated carbocycles. The van der Waals surface area contributed by atoms with Crippen molar-refractivity contribution in [2.45, 2.75) is 13.8 Å². The van der Waals surface area contributed by atoms with Crippen LogP contribution in [0.4, 0.5) is 17.8 Å². The zero-order valence-corrected chi connectivity index (χ0v) is 11.8. The van der Waals surface area contributed by atoms with Crippen LogP contribution in [0.25, 0.3) is 0 Å². The summed E-state index contributed by atoms with van der Waals surface area (Å²) in [4.78, 5) is 27.5. The molecule has 0 aromatic carbocycles. The van der Waals surface area contributed by atoms with E-state index in [0.717, 1.165) is 0 Å². The number of hydrogen-bond donors (Lipinski definition) is 2. The average molecular weight is 267 g/mol. The molecule has 0 aliphatic rings. The second-order valence-corrected chi connectivity index (χ2v) is 4.16. The molecule has 0 saturated heterocycles. The largest absolute Gasteiger partial charge is 0.368 e. The molecule has 0 radical (unpaired) electrons. The van der Waals surface area contributed by atoms with Crippen LogP contribution in [0.15, 0.2) is 0 Å². The molecule has 0 unspecified atom stereocenters. The number of nitrogens with zero attached hydrogens (tertiary/aromatic N) is 5. The molecule has 3 N–H and O–H groups in total. The van der Waals surface area contributed by atoms with Gasteiger partial charge in [0.05, 0.1) is 6.54 Å². The number of nitrogens with one attached hydrogen (secondary N) is 1. The topological polar surface area (TPSA) is 100 Å². The highest BCUT2D eigenvalue weighted by molar-refractivity contribution is 5.80. The van der Waals surface area contributed by atoms with E-state index in [4.69, 9.17) is 5.73 Å². The van der Waals surface area contributed by atoms with Crippen LogP contribution in [0.2, 0.25) is 0 Å². The van der Waals surface area contributed by atoms with Crippen LogP contribution in [-0.2, 0) is 4.79 Å². The molecule has 0 spiro atoms. The maximum atomic E-state index is 11.6. The van der Waals surface area contributed by atoms with Gasteiger partial charge in [-0.05, 0) is 13.8 Å². The third-order valence-electron chi connectivity index (χ3n) is 2.40. The third-order valence-corrected chi connectivity index (χ3v) is 2.40. The zero-order chi connectivity index (χ0) is 14.4. The second kappa shape index (κ2) is 6.72. The van der Waals surface area contributed by atoms with Gasteiger partial charge in [0.2, 0.25) is 23.8 Å². The smallest absolute Gasteiger partial charge is 0.239 e. The Kier molecular flexibility index (Phi) is 5.28. The van der Waals surface area contributed by atoms with Gasteiger partial charge in [-0.1, -0.05) is 0 Å². The summed E-state index contributed by atoms with van der Waals surface area (Å²) in [5.41, 5.74) is 5.66. The van der Waals surface area contributed by atoms with Crippen LogP contribution in [-0.4, -0.2) is 54.6 Å². The van der Waals surface area contributed by atoms with Crippen molar-refractivity contribution in [2.75, 3.05) is 49.3 Å². The van der Waals surface area contributed by atoms with Gasteiger partial charge in [-0.3, -0.25) is 4.79 Å². The first-order chi connectivity index (χ1) is 8.97. The van der Waals surface area contributed by atoms with Crippen LogP contribution in [0, 0.1) is 0 Å². The summed E-state index contributed by atoms with van der Waals surface area (Å²) in [7, 11) is 3.64. The minimum atomic E-state index is -0.0743. The molecular weight excluding hydrogens is 246 g/mol. The Labute approximate surface area is 113 Å². The number of carbonyl (C=O) groups excluding carboxylic acids is 1. The van der Waals surface area contributed by atoms with E-state index in [1.54, 1.807) is 9.80 Å². The molecular formula is C11H21N7O. The summed E-state index contributed by atoms with van der Waals surface area (Å²) >= 11 is 0. The van der Waals surface area contributed by atoms with Crippen molar-refractivity contribution >= 4 is 23.8 Å². The van der Waals surface area contributed by atoms with Gasteiger partial charge in [-0.2, -0.15) is 15.0 Å². The molecule has 1 aromatic rings. The molecule has 0 atom stereocenters. The summed E-state index contributed by atoms with van der Waals surface area (Å²) in [6.45, 7) is 5.20. The zero-order valence-electron chi connectivity index (χ0n) is 11.8. The summed E-state index contributed by atoms with van der Waals surface area (Å²) in [5.74, 6) is 0.944. The predicted octanol–water partition coefficient (Wildman–Crippen LogP) is -0.518. The number of amides is 1. The van der Waals surface area contributed by atoms with Crippen molar-refractivity contribution in [1.29, 1.82) is 0 Å². The van der Waals surface area contributed by atoms with E-state index in [1.807, 2.05) is 27.9 Å². The average Bonchev–Trinajstić information content (AvgIpc) is 2.35. The van der Waals surface area contributed by atoms with Crippen LogP contribution in [0.5, 0.6) is 0 Å². The molecule has 0 aliphatic heterocycles. The molecule has 0 bridgehead atoms. The number of hydrogen-bond acceptors (Lipinski definition) is 7. The van der Waals surface area contributed by atoms with Crippen LogP contribution in [0.3, 0.4) is 0 Å². The minimum Gasteiger partial charge on any atom is -0.368 e. The molecule has 1 aromatic heterocycles. The molecule has 8 heteroatoms. The van der Waals surface area contributed by atoms with E-state index in [9.17, 15) is 4.79 Å². The van der Waals surface area contributed by atoms with Crippen molar-refractivity contribution in [3.63, 3.8) is 0 Å². The number of likely N-dealkylation sites (N-methyl/N-ethyl adjacent to an activating group) is 2. The number of carbonyl (C=O) groups is 1. The Morgan fingerprint density at radius 3 is 2.37 bits per heavy atom. The fraction of sp³-hybridized carbons (Fsp3) is 0.636. The Morgan fingerprint density at radius 1 is 1.21 bits per heavy atom. The minimum absolute atomic E-state index is 0.0743. The molecule has 19 heavy (non-hydrogen) atoms. The van der Waals surface area contributed by atoms with Crippen molar-refractivity contribution < 1.29 is 4.79 Å². The maximum Gasteiger partial charge on any atom is 0.239 e. The van der Waals surface area contributed by atoms with E-state index in [2.05, 4.69) is 20.3 Å². The first-order valence-corrected chi connectivity index (χ1v) is 6.18. The Hall–Kier alpha value is -2.12. The van der Waals surface area contributed by atoms with Crippen molar-refractivity contribution in [1.82, 2.24) is 20.3 Å². The molecule has 106 valence electrons. The monoisotopic (exact) mass is 267 g/mol. The maximum absolute atomic E-state index is 11.6. The Morgan fingerprint density at radius 2 is 1.84 bits per heavy atom. The predicted molar refractivity (Wildman–Crippen MR) is 75.1 cm³/mol. The van der Waals surface area contributed by atoms with Gasteiger partial charge in [0.15, 0.2) is 0 Å². The second-order valence-electron chi connectivity index (χ2n) is 4.16. The van der Waals surface area contributed by atoms with Gasteiger partial charge in [-0.15, -0.1) is 0 Å². The normalized spacial score (nSPS) is 10.1. The van der Waals surface area contributed by atoms with Gasteiger partial charge < -0.3 is 20.9 Å². The lowest BCUT2D eigenvalue weighted by atomic mass is 10.4. The number of nitrogens with two attached hydrogens (primary N) is 1. The summed E-state index contributed by atoms with van der Waals surface area (Å²) in [6, 6.07) is 0. The fourth-order valence-corrected chi connectivity index (χ4v) is 1.46. The van der Waals surface area contributed by atoms with Crippen LogP contribution >= 0.6 is 0 Å². The SMILES string of the molecule is CCNC(=O)CN(CC)c1nc(N)nc(N(C)C)n1. The van der Waals surface area contributed by atoms with Gasteiger partial charge in [0.25, 0.3) is 0 Å². The first kappa shape index (κ1) is 14.9. The van der Waals surface area contributed by atoms with E-state index in [1.165, 1.54) is 0 Å². The number of anilines is 3. The van der Waals surface area contributed by atoms with E-state index < -0.39 is 0 Å². The third kappa shape index (κ3) is 4.23. The standard InChI is InChI=1S/C11H21N7O/c1-5-13-8(19)7-18(6-2)11-15-9(12)14-10(16-11)17(3)4/h5-7H2,1-4H3,(H,13,19)(H2,12,14,15,16). The van der Waals surface area contributed by atoms with Crippen LogP contribution < -0.4 is 20.9 Å². The van der Waals surface area contributed by atoms with Crippen molar-refractivity contribution in [3.8, 4) is 0 Å². The fourth-order valence-electron chi connectivity index (χ4n) is 1.46. The van der Waals surface area contributed by atoms with Gasteiger partial charge in [-0.25, -0.2) is 0 Å². The Bertz CT molecular complexity index is 435. The quantitative estimate of drug-likeness (QED) is 0.715. The molecule has 0 fully saturated rings. The highest BCUT2D eigenvalue weighted by atomic mass is 16.2. The van der Waals surface area contributed by atoms with Gasteiger partial charge in [0.1, 0.15) is 0 Å². The number of rotatable bonds is 6. The lowest BCUT2D eigenvalue weighted by Gasteiger charge is -2.21. The Balaban J connectivity index is 2.94. The van der Waals surface area contributed by atoms with Gasteiger partial charge >= 0.3 is 0 Å². The highest BCUT2D eigenvalue weighted by Gasteiger charge is 2.15. The molecule has 1 rings (SSSR count). The summed E-state index contributed by atoms with van der Waals surface area (Å²) in [5, 5.41) is 2.74. The van der Waals surface area contributed by atoms with Crippen LogP contribution in [0.1, 0.15) is 13.8 Å². The van der Waals surface area contributed by atoms with E-state index in [0.29, 0.717) is 25.0 Å². The lowest BCUT2D eigenvalue weighted by molar-refractivity contribution is -0.119. The molecule has 1 heterocycles. The summed E-state index contributed by atoms with van der Waals surface area (Å²) < 4.78 is 0. The number of aromatic nitrogens is 3. The molecule has 1 amide bonds. The van der Waals surface area contributed by atoms with E-state index >= 15 is 0 Å². The molecule has 0 aliphatic carbocycles. The summed E-state index contributed by atoms with van der Waals surface area (Å²) in [6.07, 6.45) is 0. The van der Waals surface area contributed by atoms with Crippen molar-refractivity contribution in [2.24, 2.45) is 0 Å². The molecule has 8 nitrogen and oxygen atoms in total.